The average Bonchev–Trinajstić information content (AvgIpc) is 2.49. The number of anilines is 1. The molecular weight excluding hydrogens is 295 g/mol. The Labute approximate surface area is 128 Å². The Morgan fingerprint density at radius 1 is 1.43 bits per heavy atom. The first-order valence-corrected chi connectivity index (χ1v) is 7.48. The predicted octanol–water partition coefficient (Wildman–Crippen LogP) is 3.49. The van der Waals surface area contributed by atoms with Gasteiger partial charge in [-0.05, 0) is 49.8 Å². The summed E-state index contributed by atoms with van der Waals surface area (Å²) in [7, 11) is 1.72. The molecule has 1 aliphatic carbocycles. The van der Waals surface area contributed by atoms with E-state index in [1.807, 2.05) is 0 Å². The Bertz CT molecular complexity index is 504. The smallest absolute Gasteiger partial charge is 0.321 e. The van der Waals surface area contributed by atoms with Crippen molar-refractivity contribution in [3.63, 3.8) is 0 Å². The zero-order valence-electron chi connectivity index (χ0n) is 12.0. The highest BCUT2D eigenvalue weighted by Gasteiger charge is 2.26. The number of amides is 2. The van der Waals surface area contributed by atoms with Crippen molar-refractivity contribution in [3.05, 3.63) is 29.0 Å². The lowest BCUT2D eigenvalue weighted by atomic mass is 9.86. The van der Waals surface area contributed by atoms with Gasteiger partial charge in [-0.2, -0.15) is 0 Å². The van der Waals surface area contributed by atoms with Gasteiger partial charge in [0.1, 0.15) is 5.82 Å². The van der Waals surface area contributed by atoms with Crippen LogP contribution in [0.4, 0.5) is 14.9 Å². The highest BCUT2D eigenvalue weighted by Crippen LogP contribution is 2.27. The molecule has 116 valence electrons. The minimum Gasteiger partial charge on any atom is -0.396 e. The summed E-state index contributed by atoms with van der Waals surface area (Å²) < 4.78 is 13.7. The van der Waals surface area contributed by atoms with Crippen LogP contribution in [0.15, 0.2) is 18.2 Å². The fraction of sp³-hybridized carbons (Fsp3) is 0.533. The third-order valence-electron chi connectivity index (χ3n) is 4.12. The molecule has 2 rings (SSSR count). The van der Waals surface area contributed by atoms with Crippen molar-refractivity contribution in [2.45, 2.75) is 31.7 Å². The summed E-state index contributed by atoms with van der Waals surface area (Å²) >= 11 is 5.68. The lowest BCUT2D eigenvalue weighted by Gasteiger charge is -2.34. The van der Waals surface area contributed by atoms with Gasteiger partial charge in [0.2, 0.25) is 0 Å². The first-order valence-electron chi connectivity index (χ1n) is 7.11. The molecule has 21 heavy (non-hydrogen) atoms. The van der Waals surface area contributed by atoms with E-state index in [0.717, 1.165) is 25.7 Å². The maximum atomic E-state index is 13.7. The Morgan fingerprint density at radius 3 is 2.67 bits per heavy atom. The second-order valence-electron chi connectivity index (χ2n) is 5.52. The van der Waals surface area contributed by atoms with Crippen LogP contribution in [-0.4, -0.2) is 35.7 Å². The summed E-state index contributed by atoms with van der Waals surface area (Å²) in [5.74, 6) is -0.209. The molecule has 1 fully saturated rings. The molecule has 0 aliphatic heterocycles. The first kappa shape index (κ1) is 16.0. The van der Waals surface area contributed by atoms with Crippen LogP contribution < -0.4 is 5.32 Å². The topological polar surface area (TPSA) is 52.6 Å². The van der Waals surface area contributed by atoms with Gasteiger partial charge < -0.3 is 15.3 Å². The maximum absolute atomic E-state index is 13.7. The van der Waals surface area contributed by atoms with Gasteiger partial charge in [-0.15, -0.1) is 0 Å². The number of halogens is 2. The SMILES string of the molecule is CN(C(=O)Nc1ccc(Cl)cc1F)C1CCC(CO)CC1. The molecule has 0 radical (unpaired) electrons. The molecule has 0 bridgehead atoms. The lowest BCUT2D eigenvalue weighted by Crippen LogP contribution is -2.42. The number of hydrogen-bond donors (Lipinski definition) is 2. The number of benzene rings is 1. The van der Waals surface area contributed by atoms with E-state index in [2.05, 4.69) is 5.32 Å². The molecule has 0 saturated heterocycles. The number of urea groups is 1. The average molecular weight is 315 g/mol. The van der Waals surface area contributed by atoms with E-state index >= 15 is 0 Å². The highest BCUT2D eigenvalue weighted by atomic mass is 35.5. The van der Waals surface area contributed by atoms with Gasteiger partial charge in [-0.1, -0.05) is 11.6 Å². The monoisotopic (exact) mass is 314 g/mol. The number of aliphatic hydroxyl groups is 1. The normalized spacial score (nSPS) is 21.9. The summed E-state index contributed by atoms with van der Waals surface area (Å²) in [5, 5.41) is 12.0. The van der Waals surface area contributed by atoms with Crippen LogP contribution in [0.5, 0.6) is 0 Å². The molecule has 1 aliphatic rings. The molecule has 2 amide bonds. The maximum Gasteiger partial charge on any atom is 0.321 e. The predicted molar refractivity (Wildman–Crippen MR) is 81.0 cm³/mol. The number of nitrogens with zero attached hydrogens (tertiary/aromatic N) is 1. The van der Waals surface area contributed by atoms with Crippen molar-refractivity contribution < 1.29 is 14.3 Å². The van der Waals surface area contributed by atoms with Crippen LogP contribution in [0.1, 0.15) is 25.7 Å². The Hall–Kier alpha value is -1.33. The summed E-state index contributed by atoms with van der Waals surface area (Å²) in [6.45, 7) is 0.207. The number of aliphatic hydroxyl groups excluding tert-OH is 1. The van der Waals surface area contributed by atoms with Gasteiger partial charge in [0.05, 0.1) is 5.69 Å². The summed E-state index contributed by atoms with van der Waals surface area (Å²) in [6.07, 6.45) is 3.54. The molecule has 2 N–H and O–H groups in total. The molecule has 1 aromatic carbocycles. The minimum atomic E-state index is -0.548. The van der Waals surface area contributed by atoms with Crippen molar-refractivity contribution in [1.29, 1.82) is 0 Å². The van der Waals surface area contributed by atoms with E-state index < -0.39 is 5.82 Å². The first-order chi connectivity index (χ1) is 10.0. The van der Waals surface area contributed by atoms with Crippen LogP contribution in [0, 0.1) is 11.7 Å². The van der Waals surface area contributed by atoms with Gasteiger partial charge in [-0.25, -0.2) is 9.18 Å². The molecule has 0 atom stereocenters. The highest BCUT2D eigenvalue weighted by molar-refractivity contribution is 6.30. The largest absolute Gasteiger partial charge is 0.396 e. The van der Waals surface area contributed by atoms with Crippen LogP contribution in [0.25, 0.3) is 0 Å². The van der Waals surface area contributed by atoms with E-state index in [0.29, 0.717) is 10.9 Å². The molecule has 6 heteroatoms. The second-order valence-corrected chi connectivity index (χ2v) is 5.96. The quantitative estimate of drug-likeness (QED) is 0.897. The minimum absolute atomic E-state index is 0.125. The van der Waals surface area contributed by atoms with E-state index in [-0.39, 0.29) is 24.4 Å². The van der Waals surface area contributed by atoms with E-state index in [9.17, 15) is 9.18 Å². The number of carbonyl (C=O) groups is 1. The van der Waals surface area contributed by atoms with Crippen molar-refractivity contribution in [2.24, 2.45) is 5.92 Å². The van der Waals surface area contributed by atoms with E-state index in [1.165, 1.54) is 18.2 Å². The fourth-order valence-corrected chi connectivity index (χ4v) is 2.83. The van der Waals surface area contributed by atoms with Crippen LogP contribution in [0.2, 0.25) is 5.02 Å². The Kier molecular flexibility index (Phi) is 5.42. The Balaban J connectivity index is 1.93. The third kappa shape index (κ3) is 4.08. The van der Waals surface area contributed by atoms with E-state index in [4.69, 9.17) is 16.7 Å². The van der Waals surface area contributed by atoms with Crippen LogP contribution in [0.3, 0.4) is 0 Å². The lowest BCUT2D eigenvalue weighted by molar-refractivity contribution is 0.139. The van der Waals surface area contributed by atoms with Gasteiger partial charge in [0, 0.05) is 24.7 Å². The van der Waals surface area contributed by atoms with Crippen molar-refractivity contribution in [1.82, 2.24) is 4.90 Å². The third-order valence-corrected chi connectivity index (χ3v) is 4.35. The molecule has 1 aromatic rings. The van der Waals surface area contributed by atoms with Crippen molar-refractivity contribution in [3.8, 4) is 0 Å². The number of rotatable bonds is 3. The van der Waals surface area contributed by atoms with Gasteiger partial charge >= 0.3 is 6.03 Å². The van der Waals surface area contributed by atoms with Crippen molar-refractivity contribution in [2.75, 3.05) is 19.0 Å². The number of hydrogen-bond acceptors (Lipinski definition) is 2. The van der Waals surface area contributed by atoms with Gasteiger partial charge in [0.15, 0.2) is 0 Å². The molecule has 0 unspecified atom stereocenters. The molecular formula is C15H20ClFN2O2. The summed E-state index contributed by atoms with van der Waals surface area (Å²) in [6, 6.07) is 3.95. The second kappa shape index (κ2) is 7.09. The standard InChI is InChI=1S/C15H20ClFN2O2/c1-19(12-5-2-10(9-20)3-6-12)15(21)18-14-7-4-11(16)8-13(14)17/h4,7-8,10,12,20H,2-3,5-6,9H2,1H3,(H,18,21). The molecule has 1 saturated carbocycles. The molecule has 4 nitrogen and oxygen atoms in total. The summed E-state index contributed by atoms with van der Waals surface area (Å²) in [4.78, 5) is 13.8. The van der Waals surface area contributed by atoms with Crippen LogP contribution in [-0.2, 0) is 0 Å². The zero-order chi connectivity index (χ0) is 15.4. The molecule has 0 heterocycles. The van der Waals surface area contributed by atoms with Crippen molar-refractivity contribution >= 4 is 23.3 Å². The number of carbonyl (C=O) groups excluding carboxylic acids is 1. The Morgan fingerprint density at radius 2 is 2.10 bits per heavy atom. The summed E-state index contributed by atoms with van der Waals surface area (Å²) in [5.41, 5.74) is 0.125. The fourth-order valence-electron chi connectivity index (χ4n) is 2.67. The zero-order valence-corrected chi connectivity index (χ0v) is 12.7. The molecule has 0 spiro atoms. The number of nitrogens with one attached hydrogen (secondary N) is 1. The van der Waals surface area contributed by atoms with E-state index in [1.54, 1.807) is 11.9 Å². The molecule has 0 aromatic heterocycles. The van der Waals surface area contributed by atoms with Crippen LogP contribution >= 0.6 is 11.6 Å². The van der Waals surface area contributed by atoms with Gasteiger partial charge in [0.25, 0.3) is 0 Å². The van der Waals surface area contributed by atoms with Gasteiger partial charge in [-0.3, -0.25) is 0 Å².